The number of methoxy groups -OCH3 is 1. The molecule has 1 aromatic rings. The summed E-state index contributed by atoms with van der Waals surface area (Å²) in [6, 6.07) is 2.34. The average molecular weight is 215 g/mol. The summed E-state index contributed by atoms with van der Waals surface area (Å²) in [5.74, 6) is -1.72. The second-order valence-electron chi connectivity index (χ2n) is 3.57. The Balaban J connectivity index is 3.10. The second kappa shape index (κ2) is 4.68. The molecule has 0 saturated carbocycles. The third kappa shape index (κ3) is 2.33. The lowest BCUT2D eigenvalue weighted by molar-refractivity contribution is 0.0943. The highest BCUT2D eigenvalue weighted by Crippen LogP contribution is 2.23. The quantitative estimate of drug-likeness (QED) is 0.839. The van der Waals surface area contributed by atoms with Crippen LogP contribution in [0.5, 0.6) is 0 Å². The summed E-state index contributed by atoms with van der Waals surface area (Å²) in [7, 11) is 1.48. The average Bonchev–Trinajstić information content (AvgIpc) is 2.24. The number of ether oxygens (including phenoxy) is 1. The first-order chi connectivity index (χ1) is 6.99. The maximum Gasteiger partial charge on any atom is 0.163 e. The molecule has 0 radical (unpaired) electrons. The predicted molar refractivity (Wildman–Crippen MR) is 54.5 cm³/mol. The Labute approximate surface area is 88.0 Å². The van der Waals surface area contributed by atoms with Gasteiger partial charge in [0.05, 0.1) is 12.1 Å². The molecule has 0 aliphatic rings. The smallest absolute Gasteiger partial charge is 0.163 e. The first kappa shape index (κ1) is 12.1. The van der Waals surface area contributed by atoms with E-state index in [1.807, 2.05) is 0 Å². The molecule has 0 amide bonds. The van der Waals surface area contributed by atoms with Gasteiger partial charge in [-0.15, -0.1) is 0 Å². The summed E-state index contributed by atoms with van der Waals surface area (Å²) in [4.78, 5) is 0. The zero-order chi connectivity index (χ0) is 11.6. The van der Waals surface area contributed by atoms with Crippen molar-refractivity contribution >= 4 is 0 Å². The summed E-state index contributed by atoms with van der Waals surface area (Å²) in [6.45, 7) is 3.22. The number of hydrogen-bond acceptors (Lipinski definition) is 2. The third-order valence-corrected chi connectivity index (χ3v) is 2.54. The van der Waals surface area contributed by atoms with Crippen molar-refractivity contribution in [1.82, 2.24) is 0 Å². The minimum atomic E-state index is -0.883. The molecular weight excluding hydrogens is 200 g/mol. The van der Waals surface area contributed by atoms with Crippen molar-refractivity contribution in [2.75, 3.05) is 7.11 Å². The van der Waals surface area contributed by atoms with Crippen LogP contribution in [0.4, 0.5) is 8.78 Å². The van der Waals surface area contributed by atoms with Crippen LogP contribution < -0.4 is 5.73 Å². The zero-order valence-corrected chi connectivity index (χ0v) is 9.05. The van der Waals surface area contributed by atoms with Gasteiger partial charge in [-0.05, 0) is 19.4 Å². The molecule has 84 valence electrons. The fourth-order valence-electron chi connectivity index (χ4n) is 1.32. The Morgan fingerprint density at radius 3 is 2.40 bits per heavy atom. The molecule has 2 atom stereocenters. The summed E-state index contributed by atoms with van der Waals surface area (Å²) in [6.07, 6.45) is -0.360. The van der Waals surface area contributed by atoms with Crippen LogP contribution in [0.2, 0.25) is 0 Å². The van der Waals surface area contributed by atoms with Gasteiger partial charge in [0, 0.05) is 12.7 Å². The Morgan fingerprint density at radius 1 is 1.27 bits per heavy atom. The highest BCUT2D eigenvalue weighted by Gasteiger charge is 2.20. The predicted octanol–water partition coefficient (Wildman–Crippen LogP) is 2.31. The lowest BCUT2D eigenvalue weighted by Crippen LogP contribution is -2.26. The number of rotatable bonds is 3. The summed E-state index contributed by atoms with van der Waals surface area (Å²) in [5, 5.41) is 0. The molecule has 1 rings (SSSR count). The van der Waals surface area contributed by atoms with E-state index in [2.05, 4.69) is 0 Å². The highest BCUT2D eigenvalue weighted by molar-refractivity contribution is 5.28. The van der Waals surface area contributed by atoms with Crippen molar-refractivity contribution in [3.8, 4) is 0 Å². The standard InChI is InChI=1S/C11H15F2NO/c1-6-4-5-8(10(13)9(6)12)11(14)7(2)15-3/h4-5,7,11H,14H2,1-3H3. The molecule has 2 nitrogen and oxygen atoms in total. The molecule has 0 aliphatic carbocycles. The molecule has 4 heteroatoms. The first-order valence-electron chi connectivity index (χ1n) is 4.72. The highest BCUT2D eigenvalue weighted by atomic mass is 19.2. The second-order valence-corrected chi connectivity index (χ2v) is 3.57. The van der Waals surface area contributed by atoms with E-state index >= 15 is 0 Å². The SMILES string of the molecule is COC(C)C(N)c1ccc(C)c(F)c1F. The zero-order valence-electron chi connectivity index (χ0n) is 9.05. The Hall–Kier alpha value is -1.00. The van der Waals surface area contributed by atoms with Crippen molar-refractivity contribution in [3.63, 3.8) is 0 Å². The number of nitrogens with two attached hydrogens (primary N) is 1. The van der Waals surface area contributed by atoms with Crippen LogP contribution >= 0.6 is 0 Å². The van der Waals surface area contributed by atoms with E-state index in [-0.39, 0.29) is 17.2 Å². The van der Waals surface area contributed by atoms with E-state index in [1.165, 1.54) is 26.2 Å². The number of halogens is 2. The minimum Gasteiger partial charge on any atom is -0.380 e. The fourth-order valence-corrected chi connectivity index (χ4v) is 1.32. The van der Waals surface area contributed by atoms with Gasteiger partial charge in [-0.1, -0.05) is 12.1 Å². The molecule has 0 aliphatic heterocycles. The molecule has 1 aromatic carbocycles. The van der Waals surface area contributed by atoms with Gasteiger partial charge in [-0.2, -0.15) is 0 Å². The van der Waals surface area contributed by atoms with Gasteiger partial charge >= 0.3 is 0 Å². The molecule has 0 bridgehead atoms. The van der Waals surface area contributed by atoms with E-state index in [0.29, 0.717) is 0 Å². The molecular formula is C11H15F2NO. The van der Waals surface area contributed by atoms with Gasteiger partial charge in [-0.25, -0.2) is 8.78 Å². The molecule has 2 unspecified atom stereocenters. The van der Waals surface area contributed by atoms with Crippen molar-refractivity contribution < 1.29 is 13.5 Å². The van der Waals surface area contributed by atoms with Gasteiger partial charge in [0.15, 0.2) is 11.6 Å². The van der Waals surface area contributed by atoms with E-state index in [4.69, 9.17) is 10.5 Å². The lowest BCUT2D eigenvalue weighted by Gasteiger charge is -2.19. The molecule has 15 heavy (non-hydrogen) atoms. The Bertz CT molecular complexity index is 355. The lowest BCUT2D eigenvalue weighted by atomic mass is 10.0. The minimum absolute atomic E-state index is 0.146. The number of hydrogen-bond donors (Lipinski definition) is 1. The van der Waals surface area contributed by atoms with Gasteiger partial charge in [0.1, 0.15) is 0 Å². The molecule has 0 spiro atoms. The number of aryl methyl sites for hydroxylation is 1. The van der Waals surface area contributed by atoms with Crippen molar-refractivity contribution in [2.45, 2.75) is 26.0 Å². The van der Waals surface area contributed by atoms with Crippen molar-refractivity contribution in [1.29, 1.82) is 0 Å². The van der Waals surface area contributed by atoms with Gasteiger partial charge in [0.2, 0.25) is 0 Å². The van der Waals surface area contributed by atoms with E-state index < -0.39 is 17.7 Å². The summed E-state index contributed by atoms with van der Waals surface area (Å²) in [5.41, 5.74) is 6.15. The third-order valence-electron chi connectivity index (χ3n) is 2.54. The van der Waals surface area contributed by atoms with Crippen molar-refractivity contribution in [3.05, 3.63) is 34.9 Å². The topological polar surface area (TPSA) is 35.2 Å². The largest absolute Gasteiger partial charge is 0.380 e. The van der Waals surface area contributed by atoms with Crippen LogP contribution in [0, 0.1) is 18.6 Å². The van der Waals surface area contributed by atoms with Crippen LogP contribution in [-0.2, 0) is 4.74 Å². The van der Waals surface area contributed by atoms with Crippen LogP contribution in [0.25, 0.3) is 0 Å². The molecule has 0 saturated heterocycles. The molecule has 0 fully saturated rings. The first-order valence-corrected chi connectivity index (χ1v) is 4.72. The van der Waals surface area contributed by atoms with Crippen LogP contribution in [0.15, 0.2) is 12.1 Å². The van der Waals surface area contributed by atoms with Crippen LogP contribution in [-0.4, -0.2) is 13.2 Å². The van der Waals surface area contributed by atoms with Crippen LogP contribution in [0.3, 0.4) is 0 Å². The normalized spacial score (nSPS) is 15.1. The maximum absolute atomic E-state index is 13.5. The van der Waals surface area contributed by atoms with Gasteiger partial charge < -0.3 is 10.5 Å². The van der Waals surface area contributed by atoms with Gasteiger partial charge in [0.25, 0.3) is 0 Å². The van der Waals surface area contributed by atoms with Gasteiger partial charge in [-0.3, -0.25) is 0 Å². The molecule has 0 aromatic heterocycles. The molecule has 2 N–H and O–H groups in total. The summed E-state index contributed by atoms with van der Waals surface area (Å²) < 4.78 is 31.7. The maximum atomic E-state index is 13.5. The monoisotopic (exact) mass is 215 g/mol. The Morgan fingerprint density at radius 2 is 1.87 bits per heavy atom. The Kier molecular flexibility index (Phi) is 3.77. The summed E-state index contributed by atoms with van der Waals surface area (Å²) >= 11 is 0. The number of benzene rings is 1. The fraction of sp³-hybridized carbons (Fsp3) is 0.455. The van der Waals surface area contributed by atoms with E-state index in [1.54, 1.807) is 6.92 Å². The van der Waals surface area contributed by atoms with E-state index in [9.17, 15) is 8.78 Å². The molecule has 0 heterocycles. The van der Waals surface area contributed by atoms with Crippen molar-refractivity contribution in [2.24, 2.45) is 5.73 Å². The van der Waals surface area contributed by atoms with Crippen LogP contribution in [0.1, 0.15) is 24.1 Å². The van der Waals surface area contributed by atoms with E-state index in [0.717, 1.165) is 0 Å².